The van der Waals surface area contributed by atoms with Crippen LogP contribution in [0.3, 0.4) is 0 Å². The Labute approximate surface area is 234 Å². The Morgan fingerprint density at radius 3 is 1.89 bits per heavy atom. The van der Waals surface area contributed by atoms with Crippen molar-refractivity contribution in [3.63, 3.8) is 0 Å². The topological polar surface area (TPSA) is 29.5 Å². The summed E-state index contributed by atoms with van der Waals surface area (Å²) in [6, 6.07) is 13.3. The first-order valence-electron chi connectivity index (χ1n) is 15.9. The van der Waals surface area contributed by atoms with Gasteiger partial charge in [0.25, 0.3) is 0 Å². The number of hydrogen-bond acceptors (Lipinski definition) is 2. The van der Waals surface area contributed by atoms with Crippen LogP contribution in [0.2, 0.25) is 0 Å². The highest BCUT2D eigenvalue weighted by atomic mass is 16.5. The molecule has 38 heavy (non-hydrogen) atoms. The fourth-order valence-corrected chi connectivity index (χ4v) is 6.49. The van der Waals surface area contributed by atoms with E-state index in [1.807, 2.05) is 6.07 Å². The number of benzene rings is 2. The van der Waals surface area contributed by atoms with E-state index in [-0.39, 0.29) is 11.0 Å². The molecule has 2 aromatic rings. The first-order chi connectivity index (χ1) is 18.3. The zero-order chi connectivity index (χ0) is 27.4. The van der Waals surface area contributed by atoms with Gasteiger partial charge in [-0.25, -0.2) is 0 Å². The van der Waals surface area contributed by atoms with Crippen LogP contribution in [-0.2, 0) is 18.3 Å². The smallest absolute Gasteiger partial charge is 0.124 e. The van der Waals surface area contributed by atoms with E-state index in [1.165, 1.54) is 100 Å². The van der Waals surface area contributed by atoms with Crippen molar-refractivity contribution in [2.45, 2.75) is 155 Å². The summed E-state index contributed by atoms with van der Waals surface area (Å²) in [6.45, 7) is 11.4. The molecule has 1 N–H and O–H groups in total. The van der Waals surface area contributed by atoms with E-state index in [2.05, 4.69) is 65.0 Å². The molecular weight excluding hydrogens is 464 g/mol. The van der Waals surface area contributed by atoms with Crippen LogP contribution >= 0.6 is 0 Å². The first-order valence-corrected chi connectivity index (χ1v) is 15.9. The third kappa shape index (κ3) is 8.78. The number of rotatable bonds is 17. The van der Waals surface area contributed by atoms with Crippen molar-refractivity contribution in [1.29, 1.82) is 0 Å². The maximum absolute atomic E-state index is 10.7. The van der Waals surface area contributed by atoms with Gasteiger partial charge in [-0.1, -0.05) is 122 Å². The molecule has 1 unspecified atom stereocenters. The molecule has 1 aliphatic rings. The van der Waals surface area contributed by atoms with Crippen LogP contribution < -0.4 is 4.74 Å². The summed E-state index contributed by atoms with van der Waals surface area (Å²) in [4.78, 5) is 0. The highest BCUT2D eigenvalue weighted by molar-refractivity contribution is 5.52. The van der Waals surface area contributed by atoms with Gasteiger partial charge in [0, 0.05) is 17.4 Å². The highest BCUT2D eigenvalue weighted by Crippen LogP contribution is 2.49. The second kappa shape index (κ2) is 15.0. The van der Waals surface area contributed by atoms with E-state index in [4.69, 9.17) is 4.74 Å². The van der Waals surface area contributed by atoms with Crippen molar-refractivity contribution in [3.8, 4) is 11.5 Å². The predicted molar refractivity (Wildman–Crippen MR) is 164 cm³/mol. The first kappa shape index (κ1) is 30.6. The minimum Gasteiger partial charge on any atom is -0.508 e. The summed E-state index contributed by atoms with van der Waals surface area (Å²) in [5.74, 6) is 1.49. The normalized spacial score (nSPS) is 18.2. The fraction of sp³-hybridized carbons (Fsp3) is 0.667. The van der Waals surface area contributed by atoms with Gasteiger partial charge in [0.15, 0.2) is 0 Å². The van der Waals surface area contributed by atoms with E-state index in [0.29, 0.717) is 5.75 Å². The molecule has 3 rings (SSSR count). The van der Waals surface area contributed by atoms with E-state index in [1.54, 1.807) is 0 Å². The van der Waals surface area contributed by atoms with Gasteiger partial charge in [0.2, 0.25) is 0 Å². The van der Waals surface area contributed by atoms with Crippen LogP contribution in [0.15, 0.2) is 36.4 Å². The van der Waals surface area contributed by atoms with Gasteiger partial charge in [-0.2, -0.15) is 0 Å². The maximum Gasteiger partial charge on any atom is 0.124 e. The van der Waals surface area contributed by atoms with Crippen molar-refractivity contribution in [1.82, 2.24) is 0 Å². The molecule has 0 aromatic heterocycles. The van der Waals surface area contributed by atoms with E-state index in [9.17, 15) is 5.11 Å². The average Bonchev–Trinajstić information content (AvgIpc) is 2.87. The molecule has 1 atom stereocenters. The number of phenolic OH excluding ortho intramolecular Hbond substituents is 1. The fourth-order valence-electron chi connectivity index (χ4n) is 6.49. The summed E-state index contributed by atoms with van der Waals surface area (Å²) in [7, 11) is 0. The van der Waals surface area contributed by atoms with Gasteiger partial charge in [0.05, 0.1) is 0 Å². The Hall–Kier alpha value is -1.96. The van der Waals surface area contributed by atoms with E-state index >= 15 is 0 Å². The standard InChI is InChI=1S/C36H56O2/c1-6-8-10-12-14-16-18-20-29-22-24-32-34(26-29)38-35(3,4)28-36(32,5)31-23-25-33(37)30(27-31)21-19-17-15-13-11-9-7-2/h22-27,37H,6-21,28H2,1-5H3. The van der Waals surface area contributed by atoms with Crippen molar-refractivity contribution in [3.05, 3.63) is 58.7 Å². The summed E-state index contributed by atoms with van der Waals surface area (Å²) < 4.78 is 6.57. The monoisotopic (exact) mass is 520 g/mol. The average molecular weight is 521 g/mol. The summed E-state index contributed by atoms with van der Waals surface area (Å²) in [6.07, 6.45) is 21.4. The van der Waals surface area contributed by atoms with Crippen LogP contribution in [0.5, 0.6) is 11.5 Å². The van der Waals surface area contributed by atoms with Gasteiger partial charge in [-0.15, -0.1) is 0 Å². The Balaban J connectivity index is 1.69. The highest BCUT2D eigenvalue weighted by Gasteiger charge is 2.43. The largest absolute Gasteiger partial charge is 0.508 e. The van der Waals surface area contributed by atoms with Crippen LogP contribution in [0.1, 0.15) is 153 Å². The number of fused-ring (bicyclic) bond motifs is 1. The second-order valence-corrected chi connectivity index (χ2v) is 12.8. The van der Waals surface area contributed by atoms with Gasteiger partial charge < -0.3 is 9.84 Å². The van der Waals surface area contributed by atoms with Crippen LogP contribution in [0, 0.1) is 0 Å². The molecule has 0 radical (unpaired) electrons. The maximum atomic E-state index is 10.7. The number of aryl methyl sites for hydroxylation is 2. The molecule has 2 aromatic carbocycles. The van der Waals surface area contributed by atoms with Crippen molar-refractivity contribution in [2.75, 3.05) is 0 Å². The molecule has 0 saturated carbocycles. The van der Waals surface area contributed by atoms with Crippen molar-refractivity contribution >= 4 is 0 Å². The third-order valence-corrected chi connectivity index (χ3v) is 8.64. The molecular formula is C36H56O2. The zero-order valence-corrected chi connectivity index (χ0v) is 25.3. The zero-order valence-electron chi connectivity index (χ0n) is 25.3. The molecule has 1 heterocycles. The van der Waals surface area contributed by atoms with Crippen LogP contribution in [0.4, 0.5) is 0 Å². The van der Waals surface area contributed by atoms with E-state index < -0.39 is 0 Å². The lowest BCUT2D eigenvalue weighted by Gasteiger charge is -2.45. The molecule has 1 aliphatic heterocycles. The van der Waals surface area contributed by atoms with Gasteiger partial charge in [0.1, 0.15) is 17.1 Å². The van der Waals surface area contributed by atoms with Gasteiger partial charge in [-0.3, -0.25) is 0 Å². The predicted octanol–water partition coefficient (Wildman–Crippen LogP) is 10.8. The Morgan fingerprint density at radius 1 is 0.684 bits per heavy atom. The number of ether oxygens (including phenoxy) is 1. The number of aromatic hydroxyl groups is 1. The number of unbranched alkanes of at least 4 members (excludes halogenated alkanes) is 12. The number of phenols is 1. The molecule has 0 fully saturated rings. The van der Waals surface area contributed by atoms with E-state index in [0.717, 1.165) is 37.0 Å². The lowest BCUT2D eigenvalue weighted by molar-refractivity contribution is 0.0582. The lowest BCUT2D eigenvalue weighted by atomic mass is 9.67. The minimum absolute atomic E-state index is 0.141. The lowest BCUT2D eigenvalue weighted by Crippen LogP contribution is -2.43. The third-order valence-electron chi connectivity index (χ3n) is 8.64. The molecule has 2 nitrogen and oxygen atoms in total. The van der Waals surface area contributed by atoms with Crippen molar-refractivity contribution < 1.29 is 9.84 Å². The molecule has 0 amide bonds. The minimum atomic E-state index is -0.240. The Kier molecular flexibility index (Phi) is 12.1. The van der Waals surface area contributed by atoms with Crippen LogP contribution in [-0.4, -0.2) is 10.7 Å². The van der Waals surface area contributed by atoms with Gasteiger partial charge >= 0.3 is 0 Å². The molecule has 0 saturated heterocycles. The molecule has 2 heteroatoms. The molecule has 0 bridgehead atoms. The quantitative estimate of drug-likeness (QED) is 0.210. The molecule has 0 aliphatic carbocycles. The summed E-state index contributed by atoms with van der Waals surface area (Å²) in [5.41, 5.74) is 4.69. The Morgan fingerprint density at radius 2 is 1.26 bits per heavy atom. The van der Waals surface area contributed by atoms with Gasteiger partial charge in [-0.05, 0) is 68.4 Å². The summed E-state index contributed by atoms with van der Waals surface area (Å²) >= 11 is 0. The van der Waals surface area contributed by atoms with Crippen molar-refractivity contribution in [2.24, 2.45) is 0 Å². The summed E-state index contributed by atoms with van der Waals surface area (Å²) in [5, 5.41) is 10.7. The Bertz CT molecular complexity index is 975. The second-order valence-electron chi connectivity index (χ2n) is 12.8. The number of hydrogen-bond donors (Lipinski definition) is 1. The SMILES string of the molecule is CCCCCCCCCc1ccc2c(c1)OC(C)(C)CC2(C)c1ccc(O)c(CCCCCCCCC)c1. The molecule has 0 spiro atoms. The van der Waals surface area contributed by atoms with Crippen LogP contribution in [0.25, 0.3) is 0 Å². The molecule has 212 valence electrons.